The maximum Gasteiger partial charge on any atom is 0.183 e. The minimum atomic E-state index is 0.636. The molecule has 4 heteroatoms. The predicted octanol–water partition coefficient (Wildman–Crippen LogP) is 4.72. The second-order valence-corrected chi connectivity index (χ2v) is 6.90. The van der Waals surface area contributed by atoms with Gasteiger partial charge in [0, 0.05) is 6.04 Å². The first-order valence-corrected chi connectivity index (χ1v) is 7.80. The second kappa shape index (κ2) is 5.89. The topological polar surface area (TPSA) is 25.2 Å². The average molecular weight is 365 g/mol. The number of furan rings is 1. The maximum atomic E-state index is 5.57. The van der Waals surface area contributed by atoms with Crippen LogP contribution in [0.25, 0.3) is 0 Å². The molecule has 96 valence electrons. The zero-order valence-electron chi connectivity index (χ0n) is 10.3. The van der Waals surface area contributed by atoms with Crippen molar-refractivity contribution in [2.75, 3.05) is 0 Å². The van der Waals surface area contributed by atoms with Gasteiger partial charge in [0.05, 0.1) is 11.0 Å². The monoisotopic (exact) mass is 363 g/mol. The summed E-state index contributed by atoms with van der Waals surface area (Å²) < 4.78 is 7.33. The van der Waals surface area contributed by atoms with Crippen molar-refractivity contribution in [3.8, 4) is 0 Å². The number of hydrogen-bond donors (Lipinski definition) is 1. The van der Waals surface area contributed by atoms with E-state index in [-0.39, 0.29) is 0 Å². The molecule has 0 radical (unpaired) electrons. The smallest absolute Gasteiger partial charge is 0.183 e. The molecule has 2 atom stereocenters. The standard InChI is InChI=1S/C13H19Br2NO/c1-8-3-9(2)5-10(4-8)16-7-11-6-12(14)13(15)17-11/h6,8-10,16H,3-5,7H2,1-2H3. The van der Waals surface area contributed by atoms with Crippen LogP contribution in [0.4, 0.5) is 0 Å². The van der Waals surface area contributed by atoms with Crippen molar-refractivity contribution >= 4 is 31.9 Å². The molecule has 0 amide bonds. The lowest BCUT2D eigenvalue weighted by atomic mass is 9.80. The second-order valence-electron chi connectivity index (χ2n) is 5.33. The molecule has 0 aliphatic heterocycles. The van der Waals surface area contributed by atoms with Crippen molar-refractivity contribution in [3.63, 3.8) is 0 Å². The van der Waals surface area contributed by atoms with E-state index in [1.807, 2.05) is 6.07 Å². The van der Waals surface area contributed by atoms with Crippen molar-refractivity contribution in [3.05, 3.63) is 21.0 Å². The predicted molar refractivity (Wildman–Crippen MR) is 76.9 cm³/mol. The third kappa shape index (κ3) is 3.83. The summed E-state index contributed by atoms with van der Waals surface area (Å²) >= 11 is 6.79. The largest absolute Gasteiger partial charge is 0.452 e. The summed E-state index contributed by atoms with van der Waals surface area (Å²) in [6.07, 6.45) is 3.94. The Bertz CT molecular complexity index is 348. The minimum Gasteiger partial charge on any atom is -0.452 e. The molecule has 0 bridgehead atoms. The van der Waals surface area contributed by atoms with Crippen molar-refractivity contribution < 1.29 is 4.42 Å². The zero-order valence-corrected chi connectivity index (χ0v) is 13.5. The molecular weight excluding hydrogens is 346 g/mol. The first kappa shape index (κ1) is 13.6. The van der Waals surface area contributed by atoms with E-state index < -0.39 is 0 Å². The van der Waals surface area contributed by atoms with E-state index in [1.165, 1.54) is 19.3 Å². The Morgan fingerprint density at radius 2 is 1.88 bits per heavy atom. The summed E-state index contributed by atoms with van der Waals surface area (Å²) in [5, 5.41) is 3.60. The molecule has 1 aromatic rings. The van der Waals surface area contributed by atoms with Crippen LogP contribution in [0.2, 0.25) is 0 Å². The third-order valence-electron chi connectivity index (χ3n) is 3.44. The first-order valence-electron chi connectivity index (χ1n) is 6.21. The third-order valence-corrected chi connectivity index (χ3v) is 5.15. The van der Waals surface area contributed by atoms with Gasteiger partial charge in [-0.05, 0) is 69.0 Å². The Morgan fingerprint density at radius 1 is 1.24 bits per heavy atom. The molecular formula is C13H19Br2NO. The van der Waals surface area contributed by atoms with E-state index in [9.17, 15) is 0 Å². The Kier molecular flexibility index (Phi) is 4.72. The average Bonchev–Trinajstić information content (AvgIpc) is 2.54. The number of rotatable bonds is 3. The Morgan fingerprint density at radius 3 is 2.41 bits per heavy atom. The van der Waals surface area contributed by atoms with E-state index in [0.29, 0.717) is 6.04 Å². The lowest BCUT2D eigenvalue weighted by molar-refractivity contribution is 0.234. The Labute approximate surface area is 120 Å². The van der Waals surface area contributed by atoms with Gasteiger partial charge in [-0.15, -0.1) is 0 Å². The SMILES string of the molecule is CC1CC(C)CC(NCc2cc(Br)c(Br)o2)C1. The zero-order chi connectivity index (χ0) is 12.4. The fourth-order valence-electron chi connectivity index (χ4n) is 2.84. The number of hydrogen-bond acceptors (Lipinski definition) is 2. The summed E-state index contributed by atoms with van der Waals surface area (Å²) in [5.41, 5.74) is 0. The van der Waals surface area contributed by atoms with Gasteiger partial charge in [-0.3, -0.25) is 0 Å². The molecule has 1 saturated carbocycles. The van der Waals surface area contributed by atoms with E-state index in [2.05, 4.69) is 51.0 Å². The molecule has 1 aliphatic carbocycles. The van der Waals surface area contributed by atoms with Crippen LogP contribution in [0.3, 0.4) is 0 Å². The Hall–Kier alpha value is 0.200. The number of halogens is 2. The van der Waals surface area contributed by atoms with Gasteiger partial charge in [-0.1, -0.05) is 13.8 Å². The maximum absolute atomic E-state index is 5.57. The van der Waals surface area contributed by atoms with E-state index in [0.717, 1.165) is 33.3 Å². The summed E-state index contributed by atoms with van der Waals surface area (Å²) in [4.78, 5) is 0. The minimum absolute atomic E-state index is 0.636. The van der Waals surface area contributed by atoms with Crippen LogP contribution in [-0.2, 0) is 6.54 Å². The highest BCUT2D eigenvalue weighted by atomic mass is 79.9. The van der Waals surface area contributed by atoms with E-state index in [1.54, 1.807) is 0 Å². The molecule has 2 nitrogen and oxygen atoms in total. The van der Waals surface area contributed by atoms with Crippen LogP contribution in [0.1, 0.15) is 38.9 Å². The fraction of sp³-hybridized carbons (Fsp3) is 0.692. The van der Waals surface area contributed by atoms with E-state index in [4.69, 9.17) is 4.42 Å². The molecule has 0 saturated heterocycles. The van der Waals surface area contributed by atoms with Gasteiger partial charge in [0.1, 0.15) is 5.76 Å². The number of nitrogens with one attached hydrogen (secondary N) is 1. The van der Waals surface area contributed by atoms with Crippen LogP contribution in [-0.4, -0.2) is 6.04 Å². The van der Waals surface area contributed by atoms with Crippen LogP contribution >= 0.6 is 31.9 Å². The highest BCUT2D eigenvalue weighted by Crippen LogP contribution is 2.30. The normalized spacial score (nSPS) is 29.5. The highest BCUT2D eigenvalue weighted by Gasteiger charge is 2.23. The lowest BCUT2D eigenvalue weighted by Gasteiger charge is -2.31. The van der Waals surface area contributed by atoms with Crippen LogP contribution < -0.4 is 5.32 Å². The van der Waals surface area contributed by atoms with Gasteiger partial charge in [0.2, 0.25) is 0 Å². The molecule has 2 unspecified atom stereocenters. The highest BCUT2D eigenvalue weighted by molar-refractivity contribution is 9.13. The van der Waals surface area contributed by atoms with Crippen LogP contribution in [0, 0.1) is 11.8 Å². The van der Waals surface area contributed by atoms with Gasteiger partial charge >= 0.3 is 0 Å². The summed E-state index contributed by atoms with van der Waals surface area (Å²) in [7, 11) is 0. The molecule has 0 aromatic carbocycles. The molecule has 0 spiro atoms. The first-order chi connectivity index (χ1) is 8.04. The summed E-state index contributed by atoms with van der Waals surface area (Å²) in [6.45, 7) is 5.52. The van der Waals surface area contributed by atoms with Crippen molar-refractivity contribution in [2.45, 2.75) is 45.7 Å². The summed E-state index contributed by atoms with van der Waals surface area (Å²) in [5.74, 6) is 2.66. The van der Waals surface area contributed by atoms with E-state index >= 15 is 0 Å². The quantitative estimate of drug-likeness (QED) is 0.839. The lowest BCUT2D eigenvalue weighted by Crippen LogP contribution is -2.35. The Balaban J connectivity index is 1.85. The van der Waals surface area contributed by atoms with Crippen molar-refractivity contribution in [1.82, 2.24) is 5.32 Å². The molecule has 1 aliphatic rings. The van der Waals surface area contributed by atoms with Gasteiger partial charge in [-0.25, -0.2) is 0 Å². The van der Waals surface area contributed by atoms with Gasteiger partial charge in [-0.2, -0.15) is 0 Å². The van der Waals surface area contributed by atoms with Crippen LogP contribution in [0.5, 0.6) is 0 Å². The molecule has 1 fully saturated rings. The molecule has 1 N–H and O–H groups in total. The van der Waals surface area contributed by atoms with Gasteiger partial charge in [0.25, 0.3) is 0 Å². The van der Waals surface area contributed by atoms with Crippen molar-refractivity contribution in [1.29, 1.82) is 0 Å². The summed E-state index contributed by atoms with van der Waals surface area (Å²) in [6, 6.07) is 2.66. The van der Waals surface area contributed by atoms with Gasteiger partial charge in [0.15, 0.2) is 4.67 Å². The van der Waals surface area contributed by atoms with Crippen molar-refractivity contribution in [2.24, 2.45) is 11.8 Å². The molecule has 1 aromatic heterocycles. The molecule has 2 rings (SSSR count). The van der Waals surface area contributed by atoms with Gasteiger partial charge < -0.3 is 9.73 Å². The fourth-order valence-corrected chi connectivity index (χ4v) is 3.50. The van der Waals surface area contributed by atoms with Crippen LogP contribution in [0.15, 0.2) is 19.6 Å². The molecule has 1 heterocycles. The molecule has 17 heavy (non-hydrogen) atoms.